The zero-order valence-corrected chi connectivity index (χ0v) is 8.25. The molecular weight excluding hydrogens is 152 g/mol. The molecule has 0 heterocycles. The Morgan fingerprint density at radius 2 is 1.83 bits per heavy atom. The Labute approximate surface area is 74.9 Å². The fourth-order valence-electron chi connectivity index (χ4n) is 1.09. The molecule has 0 aliphatic carbocycles. The molecule has 0 amide bonds. The lowest BCUT2D eigenvalue weighted by Crippen LogP contribution is -2.05. The van der Waals surface area contributed by atoms with Crippen LogP contribution < -0.4 is 0 Å². The normalized spacial score (nSPS) is 15.4. The highest BCUT2D eigenvalue weighted by atomic mass is 16.3. The summed E-state index contributed by atoms with van der Waals surface area (Å²) in [5.74, 6) is 0. The van der Waals surface area contributed by atoms with Crippen LogP contribution in [0, 0.1) is 0 Å². The summed E-state index contributed by atoms with van der Waals surface area (Å²) in [4.78, 5) is 0. The van der Waals surface area contributed by atoms with Crippen LogP contribution in [-0.2, 0) is 0 Å². The van der Waals surface area contributed by atoms with Gasteiger partial charge in [-0.2, -0.15) is 0 Å². The van der Waals surface area contributed by atoms with Gasteiger partial charge in [0.15, 0.2) is 0 Å². The van der Waals surface area contributed by atoms with Crippen molar-refractivity contribution in [1.29, 1.82) is 0 Å². The molecule has 0 aromatic heterocycles. The van der Waals surface area contributed by atoms with Crippen LogP contribution in [0.25, 0.3) is 0 Å². The minimum absolute atomic E-state index is 0.246. The number of rotatable bonds is 5. The number of aliphatic hydroxyl groups excluding tert-OH is 2. The zero-order valence-electron chi connectivity index (χ0n) is 8.25. The van der Waals surface area contributed by atoms with Gasteiger partial charge in [-0.25, -0.2) is 0 Å². The van der Waals surface area contributed by atoms with E-state index in [1.54, 1.807) is 6.92 Å². The molecule has 0 spiro atoms. The fraction of sp³-hybridized carbons (Fsp3) is 0.800. The first-order valence-electron chi connectivity index (χ1n) is 4.53. The van der Waals surface area contributed by atoms with Gasteiger partial charge >= 0.3 is 0 Å². The second-order valence-electron chi connectivity index (χ2n) is 3.59. The van der Waals surface area contributed by atoms with E-state index in [0.717, 1.165) is 24.8 Å². The highest BCUT2D eigenvalue weighted by molar-refractivity contribution is 4.97. The van der Waals surface area contributed by atoms with Crippen molar-refractivity contribution in [3.05, 3.63) is 11.6 Å². The molecule has 0 rings (SSSR count). The summed E-state index contributed by atoms with van der Waals surface area (Å²) in [5, 5.41) is 18.3. The summed E-state index contributed by atoms with van der Waals surface area (Å²) in [6, 6.07) is 0. The average Bonchev–Trinajstić information content (AvgIpc) is 1.84. The van der Waals surface area contributed by atoms with Gasteiger partial charge in [0, 0.05) is 0 Å². The number of allylic oxidation sites excluding steroid dienone is 1. The maximum atomic E-state index is 9.37. The van der Waals surface area contributed by atoms with Gasteiger partial charge in [0.1, 0.15) is 0 Å². The summed E-state index contributed by atoms with van der Waals surface area (Å²) >= 11 is 0. The third-order valence-electron chi connectivity index (χ3n) is 1.65. The quantitative estimate of drug-likeness (QED) is 0.621. The Bertz CT molecular complexity index is 135. The molecular formula is C10H20O2. The van der Waals surface area contributed by atoms with Crippen LogP contribution in [0.3, 0.4) is 0 Å². The van der Waals surface area contributed by atoms with Crippen LogP contribution in [-0.4, -0.2) is 22.4 Å². The predicted octanol–water partition coefficient (Wildman–Crippen LogP) is 1.86. The smallest absolute Gasteiger partial charge is 0.0723 e. The summed E-state index contributed by atoms with van der Waals surface area (Å²) in [7, 11) is 0. The summed E-state index contributed by atoms with van der Waals surface area (Å²) in [6.07, 6.45) is 3.66. The summed E-state index contributed by atoms with van der Waals surface area (Å²) in [5.41, 5.74) is 1.14. The van der Waals surface area contributed by atoms with Gasteiger partial charge in [0.05, 0.1) is 12.2 Å². The van der Waals surface area contributed by atoms with Crippen molar-refractivity contribution in [2.45, 2.75) is 52.2 Å². The monoisotopic (exact) mass is 172 g/mol. The number of hydrogen-bond acceptors (Lipinski definition) is 2. The van der Waals surface area contributed by atoms with E-state index in [9.17, 15) is 5.11 Å². The second kappa shape index (κ2) is 6.21. The summed E-state index contributed by atoms with van der Waals surface area (Å²) in [6.45, 7) is 5.71. The van der Waals surface area contributed by atoms with Crippen LogP contribution >= 0.6 is 0 Å². The first kappa shape index (κ1) is 11.7. The molecule has 2 atom stereocenters. The van der Waals surface area contributed by atoms with E-state index in [4.69, 9.17) is 5.11 Å². The van der Waals surface area contributed by atoms with Crippen molar-refractivity contribution in [3.63, 3.8) is 0 Å². The lowest BCUT2D eigenvalue weighted by Gasteiger charge is -2.07. The molecule has 0 aliphatic rings. The van der Waals surface area contributed by atoms with Crippen molar-refractivity contribution in [2.75, 3.05) is 0 Å². The standard InChI is InChI=1S/C10H20O2/c1-8(2)7-10(12)6-4-5-9(3)11/h7,9-12H,4-6H2,1-3H3. The molecule has 2 nitrogen and oxygen atoms in total. The fourth-order valence-corrected chi connectivity index (χ4v) is 1.09. The maximum Gasteiger partial charge on any atom is 0.0723 e. The van der Waals surface area contributed by atoms with Crippen molar-refractivity contribution < 1.29 is 10.2 Å². The molecule has 2 unspecified atom stereocenters. The molecule has 2 N–H and O–H groups in total. The minimum Gasteiger partial charge on any atom is -0.393 e. The molecule has 0 fully saturated rings. The van der Waals surface area contributed by atoms with E-state index >= 15 is 0 Å². The Hall–Kier alpha value is -0.340. The van der Waals surface area contributed by atoms with Gasteiger partial charge in [-0.1, -0.05) is 11.6 Å². The second-order valence-corrected chi connectivity index (χ2v) is 3.59. The number of aliphatic hydroxyl groups is 2. The molecule has 0 radical (unpaired) electrons. The lowest BCUT2D eigenvalue weighted by atomic mass is 10.1. The first-order chi connectivity index (χ1) is 5.52. The Morgan fingerprint density at radius 1 is 1.25 bits per heavy atom. The van der Waals surface area contributed by atoms with E-state index in [1.165, 1.54) is 0 Å². The molecule has 0 bridgehead atoms. The molecule has 0 saturated carbocycles. The van der Waals surface area contributed by atoms with Crippen LogP contribution in [0.5, 0.6) is 0 Å². The highest BCUT2D eigenvalue weighted by Crippen LogP contribution is 2.06. The molecule has 0 aromatic rings. The van der Waals surface area contributed by atoms with Gasteiger partial charge < -0.3 is 10.2 Å². The van der Waals surface area contributed by atoms with Crippen molar-refractivity contribution in [1.82, 2.24) is 0 Å². The molecule has 72 valence electrons. The lowest BCUT2D eigenvalue weighted by molar-refractivity contribution is 0.164. The topological polar surface area (TPSA) is 40.5 Å². The SMILES string of the molecule is CC(C)=CC(O)CCCC(C)O. The van der Waals surface area contributed by atoms with Crippen LogP contribution in [0.4, 0.5) is 0 Å². The van der Waals surface area contributed by atoms with Crippen molar-refractivity contribution in [3.8, 4) is 0 Å². The number of hydrogen-bond donors (Lipinski definition) is 2. The van der Waals surface area contributed by atoms with E-state index in [0.29, 0.717) is 0 Å². The Balaban J connectivity index is 3.44. The predicted molar refractivity (Wildman–Crippen MR) is 51.0 cm³/mol. The minimum atomic E-state index is -0.339. The van der Waals surface area contributed by atoms with Crippen molar-refractivity contribution in [2.24, 2.45) is 0 Å². The highest BCUT2D eigenvalue weighted by Gasteiger charge is 2.01. The maximum absolute atomic E-state index is 9.37. The van der Waals surface area contributed by atoms with Gasteiger partial charge in [0.2, 0.25) is 0 Å². The zero-order chi connectivity index (χ0) is 9.56. The summed E-state index contributed by atoms with van der Waals surface area (Å²) < 4.78 is 0. The Kier molecular flexibility index (Phi) is 6.03. The van der Waals surface area contributed by atoms with E-state index in [-0.39, 0.29) is 12.2 Å². The molecule has 0 aromatic carbocycles. The van der Waals surface area contributed by atoms with E-state index < -0.39 is 0 Å². The van der Waals surface area contributed by atoms with Crippen LogP contribution in [0.15, 0.2) is 11.6 Å². The van der Waals surface area contributed by atoms with Gasteiger partial charge in [-0.05, 0) is 40.0 Å². The van der Waals surface area contributed by atoms with Gasteiger partial charge in [-0.3, -0.25) is 0 Å². The van der Waals surface area contributed by atoms with E-state index in [1.807, 2.05) is 19.9 Å². The largest absolute Gasteiger partial charge is 0.393 e. The van der Waals surface area contributed by atoms with Gasteiger partial charge in [0.25, 0.3) is 0 Å². The third-order valence-corrected chi connectivity index (χ3v) is 1.65. The van der Waals surface area contributed by atoms with Crippen LogP contribution in [0.1, 0.15) is 40.0 Å². The van der Waals surface area contributed by atoms with Gasteiger partial charge in [-0.15, -0.1) is 0 Å². The average molecular weight is 172 g/mol. The Morgan fingerprint density at radius 3 is 2.25 bits per heavy atom. The molecule has 0 aliphatic heterocycles. The molecule has 0 saturated heterocycles. The van der Waals surface area contributed by atoms with E-state index in [2.05, 4.69) is 0 Å². The van der Waals surface area contributed by atoms with Crippen molar-refractivity contribution >= 4 is 0 Å². The van der Waals surface area contributed by atoms with Crippen LogP contribution in [0.2, 0.25) is 0 Å². The molecule has 12 heavy (non-hydrogen) atoms. The third kappa shape index (κ3) is 7.76. The molecule has 2 heteroatoms. The first-order valence-corrected chi connectivity index (χ1v) is 4.53.